The quantitative estimate of drug-likeness (QED) is 0.692. The molecular formula is C16H26N2O3. The Labute approximate surface area is 126 Å². The summed E-state index contributed by atoms with van der Waals surface area (Å²) in [5.41, 5.74) is 0.673. The number of ether oxygens (including phenoxy) is 1. The number of hydrogen-bond donors (Lipinski definition) is 2. The first-order valence-corrected chi connectivity index (χ1v) is 7.54. The zero-order valence-electron chi connectivity index (χ0n) is 13.1. The predicted octanol–water partition coefficient (Wildman–Crippen LogP) is 2.14. The van der Waals surface area contributed by atoms with Gasteiger partial charge in [-0.25, -0.2) is 0 Å². The summed E-state index contributed by atoms with van der Waals surface area (Å²) in [6, 6.07) is 6.54. The molecule has 0 saturated heterocycles. The number of nitrogens with zero attached hydrogens (tertiary/aromatic N) is 1. The summed E-state index contributed by atoms with van der Waals surface area (Å²) in [4.78, 5) is 13.8. The van der Waals surface area contributed by atoms with Gasteiger partial charge in [0.1, 0.15) is 11.8 Å². The van der Waals surface area contributed by atoms with Crippen molar-refractivity contribution >= 4 is 5.97 Å². The highest BCUT2D eigenvalue weighted by Gasteiger charge is 2.22. The fourth-order valence-corrected chi connectivity index (χ4v) is 2.24. The molecule has 118 valence electrons. The minimum Gasteiger partial charge on any atom is -0.494 e. The molecule has 5 nitrogen and oxygen atoms in total. The van der Waals surface area contributed by atoms with E-state index in [1.807, 2.05) is 19.1 Å². The number of benzene rings is 1. The van der Waals surface area contributed by atoms with Crippen molar-refractivity contribution in [2.24, 2.45) is 0 Å². The Hall–Kier alpha value is -1.59. The molecule has 2 N–H and O–H groups in total. The maximum absolute atomic E-state index is 11.5. The van der Waals surface area contributed by atoms with Gasteiger partial charge in [-0.2, -0.15) is 0 Å². The van der Waals surface area contributed by atoms with Crippen molar-refractivity contribution < 1.29 is 14.6 Å². The number of carboxylic acid groups (broad SMARTS) is 1. The van der Waals surface area contributed by atoms with Gasteiger partial charge < -0.3 is 14.7 Å². The van der Waals surface area contributed by atoms with Crippen LogP contribution in [0.3, 0.4) is 0 Å². The Balaban J connectivity index is 2.76. The largest absolute Gasteiger partial charge is 0.494 e. The van der Waals surface area contributed by atoms with Crippen LogP contribution in [-0.4, -0.2) is 48.8 Å². The molecule has 0 heterocycles. The molecule has 0 spiro atoms. The summed E-state index contributed by atoms with van der Waals surface area (Å²) >= 11 is 0. The SMILES string of the molecule is CCOc1ccccc1C(NCCN(CC)CC)C(=O)O. The molecule has 0 saturated carbocycles. The van der Waals surface area contributed by atoms with E-state index in [4.69, 9.17) is 4.74 Å². The van der Waals surface area contributed by atoms with Crippen LogP contribution in [0, 0.1) is 0 Å². The van der Waals surface area contributed by atoms with Crippen LogP contribution in [0.1, 0.15) is 32.4 Å². The van der Waals surface area contributed by atoms with E-state index in [0.29, 0.717) is 24.5 Å². The van der Waals surface area contributed by atoms with Gasteiger partial charge in [0.25, 0.3) is 0 Å². The van der Waals surface area contributed by atoms with Crippen molar-refractivity contribution in [3.63, 3.8) is 0 Å². The Morgan fingerprint density at radius 1 is 1.29 bits per heavy atom. The highest BCUT2D eigenvalue weighted by Crippen LogP contribution is 2.25. The van der Waals surface area contributed by atoms with Crippen molar-refractivity contribution in [1.82, 2.24) is 10.2 Å². The number of carboxylic acids is 1. The Bertz CT molecular complexity index is 433. The lowest BCUT2D eigenvalue weighted by atomic mass is 10.1. The molecule has 0 bridgehead atoms. The van der Waals surface area contributed by atoms with E-state index >= 15 is 0 Å². The summed E-state index contributed by atoms with van der Waals surface area (Å²) in [6.45, 7) is 9.98. The van der Waals surface area contributed by atoms with Gasteiger partial charge in [0.2, 0.25) is 0 Å². The Morgan fingerprint density at radius 2 is 1.95 bits per heavy atom. The van der Waals surface area contributed by atoms with E-state index < -0.39 is 12.0 Å². The maximum Gasteiger partial charge on any atom is 0.325 e. The van der Waals surface area contributed by atoms with E-state index in [-0.39, 0.29) is 0 Å². The molecule has 1 aromatic rings. The average molecular weight is 294 g/mol. The summed E-state index contributed by atoms with van der Waals surface area (Å²) in [5.74, 6) is -0.260. The van der Waals surface area contributed by atoms with Crippen LogP contribution >= 0.6 is 0 Å². The van der Waals surface area contributed by atoms with Gasteiger partial charge in [-0.05, 0) is 26.1 Å². The smallest absolute Gasteiger partial charge is 0.325 e. The van der Waals surface area contributed by atoms with Crippen LogP contribution in [0.5, 0.6) is 5.75 Å². The summed E-state index contributed by atoms with van der Waals surface area (Å²) in [5, 5.41) is 12.6. The molecule has 0 radical (unpaired) electrons. The molecule has 21 heavy (non-hydrogen) atoms. The summed E-state index contributed by atoms with van der Waals surface area (Å²) in [7, 11) is 0. The fraction of sp³-hybridized carbons (Fsp3) is 0.562. The third-order valence-electron chi connectivity index (χ3n) is 3.45. The first-order chi connectivity index (χ1) is 10.1. The third kappa shape index (κ3) is 5.36. The first-order valence-electron chi connectivity index (χ1n) is 7.54. The van der Waals surface area contributed by atoms with E-state index in [1.165, 1.54) is 0 Å². The van der Waals surface area contributed by atoms with Crippen LogP contribution in [0.15, 0.2) is 24.3 Å². The molecule has 1 atom stereocenters. The molecule has 1 rings (SSSR count). The number of nitrogens with one attached hydrogen (secondary N) is 1. The predicted molar refractivity (Wildman–Crippen MR) is 83.8 cm³/mol. The molecule has 5 heteroatoms. The van der Waals surface area contributed by atoms with E-state index in [1.54, 1.807) is 12.1 Å². The van der Waals surface area contributed by atoms with Gasteiger partial charge in [-0.15, -0.1) is 0 Å². The second kappa shape index (κ2) is 9.37. The van der Waals surface area contributed by atoms with Crippen molar-refractivity contribution in [1.29, 1.82) is 0 Å². The normalized spacial score (nSPS) is 12.4. The maximum atomic E-state index is 11.5. The van der Waals surface area contributed by atoms with Crippen LogP contribution in [0.25, 0.3) is 0 Å². The van der Waals surface area contributed by atoms with Gasteiger partial charge in [-0.1, -0.05) is 32.0 Å². The zero-order chi connectivity index (χ0) is 15.7. The van der Waals surface area contributed by atoms with Gasteiger partial charge in [0, 0.05) is 18.7 Å². The molecule has 1 aromatic carbocycles. The molecule has 0 aliphatic rings. The van der Waals surface area contributed by atoms with E-state index in [9.17, 15) is 9.90 Å². The van der Waals surface area contributed by atoms with Crippen molar-refractivity contribution in [2.45, 2.75) is 26.8 Å². The van der Waals surface area contributed by atoms with Crippen molar-refractivity contribution in [3.8, 4) is 5.75 Å². The minimum absolute atomic E-state index is 0.517. The average Bonchev–Trinajstić information content (AvgIpc) is 2.48. The highest BCUT2D eigenvalue weighted by atomic mass is 16.5. The van der Waals surface area contributed by atoms with Crippen molar-refractivity contribution in [3.05, 3.63) is 29.8 Å². The third-order valence-corrected chi connectivity index (χ3v) is 3.45. The number of likely N-dealkylation sites (N-methyl/N-ethyl adjacent to an activating group) is 1. The molecule has 0 aliphatic heterocycles. The van der Waals surface area contributed by atoms with E-state index in [0.717, 1.165) is 19.6 Å². The van der Waals surface area contributed by atoms with Crippen LogP contribution in [0.4, 0.5) is 0 Å². The van der Waals surface area contributed by atoms with Crippen LogP contribution < -0.4 is 10.1 Å². The Kier molecular flexibility index (Phi) is 7.79. The monoisotopic (exact) mass is 294 g/mol. The molecule has 1 unspecified atom stereocenters. The lowest BCUT2D eigenvalue weighted by Gasteiger charge is -2.21. The molecule has 0 fully saturated rings. The highest BCUT2D eigenvalue weighted by molar-refractivity contribution is 5.76. The molecular weight excluding hydrogens is 268 g/mol. The standard InChI is InChI=1S/C16H26N2O3/c1-4-18(5-2)12-11-17-15(16(19)20)13-9-7-8-10-14(13)21-6-3/h7-10,15,17H,4-6,11-12H2,1-3H3,(H,19,20). The number of aliphatic carboxylic acids is 1. The number of carbonyl (C=O) groups is 1. The number of hydrogen-bond acceptors (Lipinski definition) is 4. The molecule has 0 aromatic heterocycles. The fourth-order valence-electron chi connectivity index (χ4n) is 2.24. The lowest BCUT2D eigenvalue weighted by molar-refractivity contribution is -0.139. The summed E-state index contributed by atoms with van der Waals surface area (Å²) < 4.78 is 5.52. The van der Waals surface area contributed by atoms with Gasteiger partial charge in [-0.3, -0.25) is 10.1 Å². The van der Waals surface area contributed by atoms with E-state index in [2.05, 4.69) is 24.1 Å². The number of para-hydroxylation sites is 1. The molecule has 0 aliphatic carbocycles. The zero-order valence-corrected chi connectivity index (χ0v) is 13.1. The first kappa shape index (κ1) is 17.5. The number of rotatable bonds is 10. The summed E-state index contributed by atoms with van der Waals surface area (Å²) in [6.07, 6.45) is 0. The second-order valence-corrected chi connectivity index (χ2v) is 4.72. The second-order valence-electron chi connectivity index (χ2n) is 4.72. The molecule has 0 amide bonds. The Morgan fingerprint density at radius 3 is 2.52 bits per heavy atom. The topological polar surface area (TPSA) is 61.8 Å². The minimum atomic E-state index is -0.887. The van der Waals surface area contributed by atoms with Gasteiger partial charge >= 0.3 is 5.97 Å². The van der Waals surface area contributed by atoms with Gasteiger partial charge in [0.05, 0.1) is 6.61 Å². The lowest BCUT2D eigenvalue weighted by Crippen LogP contribution is -2.36. The van der Waals surface area contributed by atoms with Gasteiger partial charge in [0.15, 0.2) is 0 Å². The van der Waals surface area contributed by atoms with Crippen LogP contribution in [-0.2, 0) is 4.79 Å². The van der Waals surface area contributed by atoms with Crippen molar-refractivity contribution in [2.75, 3.05) is 32.8 Å². The van der Waals surface area contributed by atoms with Crippen LogP contribution in [0.2, 0.25) is 0 Å².